The van der Waals surface area contributed by atoms with Gasteiger partial charge in [-0.1, -0.05) is 6.42 Å². The third-order valence-electron chi connectivity index (χ3n) is 4.87. The number of hydrogen-bond donors (Lipinski definition) is 0. The van der Waals surface area contributed by atoms with Gasteiger partial charge in [-0.3, -0.25) is 4.90 Å². The second-order valence-corrected chi connectivity index (χ2v) is 6.32. The van der Waals surface area contributed by atoms with Gasteiger partial charge >= 0.3 is 0 Å². The lowest BCUT2D eigenvalue weighted by Gasteiger charge is -2.40. The van der Waals surface area contributed by atoms with Crippen LogP contribution in [0.5, 0.6) is 5.88 Å². The first-order chi connectivity index (χ1) is 10.8. The number of hydrogen-bond acceptors (Lipinski definition) is 6. The first kappa shape index (κ1) is 15.5. The van der Waals surface area contributed by atoms with Crippen molar-refractivity contribution in [1.82, 2.24) is 19.8 Å². The zero-order valence-corrected chi connectivity index (χ0v) is 13.7. The van der Waals surface area contributed by atoms with Crippen molar-refractivity contribution in [2.24, 2.45) is 0 Å². The predicted molar refractivity (Wildman–Crippen MR) is 87.5 cm³/mol. The first-order valence-corrected chi connectivity index (χ1v) is 8.31. The molecule has 3 rings (SSSR count). The molecule has 1 aromatic rings. The number of anilines is 1. The molecule has 0 spiro atoms. The van der Waals surface area contributed by atoms with Crippen molar-refractivity contribution in [1.29, 1.82) is 0 Å². The molecule has 0 saturated carbocycles. The average molecular weight is 305 g/mol. The summed E-state index contributed by atoms with van der Waals surface area (Å²) in [6.45, 7) is 6.61. The van der Waals surface area contributed by atoms with Gasteiger partial charge in [-0.15, -0.1) is 0 Å². The van der Waals surface area contributed by atoms with E-state index in [1.807, 2.05) is 0 Å². The summed E-state index contributed by atoms with van der Waals surface area (Å²) in [6.07, 6.45) is 5.85. The van der Waals surface area contributed by atoms with Crippen molar-refractivity contribution >= 4 is 5.95 Å². The van der Waals surface area contributed by atoms with Crippen LogP contribution < -0.4 is 9.64 Å². The fourth-order valence-electron chi connectivity index (χ4n) is 3.40. The van der Waals surface area contributed by atoms with Crippen LogP contribution in [-0.4, -0.2) is 79.2 Å². The molecule has 1 atom stereocenters. The highest BCUT2D eigenvalue weighted by atomic mass is 16.5. The Hall–Kier alpha value is -1.40. The molecule has 122 valence electrons. The number of piperidine rings is 1. The Morgan fingerprint density at radius 3 is 2.73 bits per heavy atom. The molecule has 0 N–H and O–H groups in total. The van der Waals surface area contributed by atoms with Gasteiger partial charge in [0.1, 0.15) is 0 Å². The minimum Gasteiger partial charge on any atom is -0.481 e. The quantitative estimate of drug-likeness (QED) is 0.830. The molecule has 1 aromatic heterocycles. The highest BCUT2D eigenvalue weighted by Crippen LogP contribution is 2.18. The monoisotopic (exact) mass is 305 g/mol. The molecule has 0 aromatic carbocycles. The standard InChI is InChI=1S/C16H27N5O/c1-19-8-4-3-5-14(19)13-20-9-11-21(12-10-20)16-17-7-6-15(18-16)22-2/h6-7,14H,3-5,8-13H2,1-2H3/t14-/m1/s1. The summed E-state index contributed by atoms with van der Waals surface area (Å²) in [4.78, 5) is 16.2. The Labute approximate surface area is 133 Å². The predicted octanol–water partition coefficient (Wildman–Crippen LogP) is 1.09. The molecule has 0 bridgehead atoms. The average Bonchev–Trinajstić information content (AvgIpc) is 2.58. The summed E-state index contributed by atoms with van der Waals surface area (Å²) < 4.78 is 5.19. The molecule has 2 saturated heterocycles. The summed E-state index contributed by atoms with van der Waals surface area (Å²) in [5, 5.41) is 0. The maximum absolute atomic E-state index is 5.19. The third-order valence-corrected chi connectivity index (χ3v) is 4.87. The van der Waals surface area contributed by atoms with Crippen molar-refractivity contribution < 1.29 is 4.74 Å². The largest absolute Gasteiger partial charge is 0.481 e. The van der Waals surface area contributed by atoms with Crippen molar-refractivity contribution in [3.05, 3.63) is 12.3 Å². The maximum atomic E-state index is 5.19. The molecule has 0 aliphatic carbocycles. The summed E-state index contributed by atoms with van der Waals surface area (Å²) in [7, 11) is 3.91. The Morgan fingerprint density at radius 1 is 1.18 bits per heavy atom. The van der Waals surface area contributed by atoms with E-state index in [0.29, 0.717) is 5.88 Å². The normalized spacial score (nSPS) is 24.5. The van der Waals surface area contributed by atoms with E-state index in [4.69, 9.17) is 4.74 Å². The smallest absolute Gasteiger partial charge is 0.228 e. The van der Waals surface area contributed by atoms with E-state index in [1.165, 1.54) is 32.4 Å². The number of methoxy groups -OCH3 is 1. The van der Waals surface area contributed by atoms with Gasteiger partial charge in [-0.25, -0.2) is 4.98 Å². The topological polar surface area (TPSA) is 44.7 Å². The van der Waals surface area contributed by atoms with Crippen LogP contribution in [0, 0.1) is 0 Å². The summed E-state index contributed by atoms with van der Waals surface area (Å²) >= 11 is 0. The number of rotatable bonds is 4. The van der Waals surface area contributed by atoms with Crippen LogP contribution in [0.15, 0.2) is 12.3 Å². The van der Waals surface area contributed by atoms with Crippen LogP contribution in [0.2, 0.25) is 0 Å². The van der Waals surface area contributed by atoms with Gasteiger partial charge in [0.25, 0.3) is 0 Å². The van der Waals surface area contributed by atoms with E-state index in [0.717, 1.165) is 38.2 Å². The van der Waals surface area contributed by atoms with Crippen LogP contribution in [0.3, 0.4) is 0 Å². The fourth-order valence-corrected chi connectivity index (χ4v) is 3.40. The molecule has 6 nitrogen and oxygen atoms in total. The second-order valence-electron chi connectivity index (χ2n) is 6.32. The maximum Gasteiger partial charge on any atom is 0.228 e. The lowest BCUT2D eigenvalue weighted by atomic mass is 10.0. The molecule has 3 heterocycles. The van der Waals surface area contributed by atoms with Gasteiger partial charge in [0.05, 0.1) is 7.11 Å². The number of likely N-dealkylation sites (tertiary alicyclic amines) is 1. The van der Waals surface area contributed by atoms with Crippen LogP contribution in [0.1, 0.15) is 19.3 Å². The molecule has 6 heteroatoms. The van der Waals surface area contributed by atoms with Crippen LogP contribution in [-0.2, 0) is 0 Å². The van der Waals surface area contributed by atoms with Gasteiger partial charge in [0, 0.05) is 51.0 Å². The molecule has 0 amide bonds. The van der Waals surface area contributed by atoms with Crippen molar-refractivity contribution in [2.45, 2.75) is 25.3 Å². The van der Waals surface area contributed by atoms with E-state index in [1.54, 1.807) is 19.4 Å². The molecular weight excluding hydrogens is 278 g/mol. The Balaban J connectivity index is 1.51. The Morgan fingerprint density at radius 2 is 2.00 bits per heavy atom. The van der Waals surface area contributed by atoms with E-state index in [-0.39, 0.29) is 0 Å². The summed E-state index contributed by atoms with van der Waals surface area (Å²) in [5.74, 6) is 1.42. The highest BCUT2D eigenvalue weighted by Gasteiger charge is 2.25. The Kier molecular flexibility index (Phi) is 5.10. The summed E-state index contributed by atoms with van der Waals surface area (Å²) in [6, 6.07) is 2.52. The van der Waals surface area contributed by atoms with Gasteiger partial charge in [-0.05, 0) is 26.4 Å². The molecule has 2 aliphatic heterocycles. The van der Waals surface area contributed by atoms with Crippen molar-refractivity contribution in [2.75, 3.05) is 58.3 Å². The number of ether oxygens (including phenoxy) is 1. The molecule has 2 aliphatic rings. The Bertz CT molecular complexity index is 475. The molecular formula is C16H27N5O. The van der Waals surface area contributed by atoms with Gasteiger partial charge in [0.2, 0.25) is 11.8 Å². The van der Waals surface area contributed by atoms with E-state index >= 15 is 0 Å². The minimum absolute atomic E-state index is 0.635. The summed E-state index contributed by atoms with van der Waals surface area (Å²) in [5.41, 5.74) is 0. The lowest BCUT2D eigenvalue weighted by Crippen LogP contribution is -2.52. The highest BCUT2D eigenvalue weighted by molar-refractivity contribution is 5.32. The zero-order chi connectivity index (χ0) is 15.4. The second kappa shape index (κ2) is 7.24. The number of piperazine rings is 1. The minimum atomic E-state index is 0.635. The van der Waals surface area contributed by atoms with E-state index in [9.17, 15) is 0 Å². The lowest BCUT2D eigenvalue weighted by molar-refractivity contribution is 0.124. The van der Waals surface area contributed by atoms with Gasteiger partial charge in [-0.2, -0.15) is 4.98 Å². The third kappa shape index (κ3) is 3.67. The van der Waals surface area contributed by atoms with Crippen LogP contribution >= 0.6 is 0 Å². The molecule has 0 unspecified atom stereocenters. The van der Waals surface area contributed by atoms with Crippen LogP contribution in [0.25, 0.3) is 0 Å². The zero-order valence-electron chi connectivity index (χ0n) is 13.7. The van der Waals surface area contributed by atoms with Gasteiger partial charge in [0.15, 0.2) is 0 Å². The van der Waals surface area contributed by atoms with Crippen molar-refractivity contribution in [3.8, 4) is 5.88 Å². The van der Waals surface area contributed by atoms with Crippen molar-refractivity contribution in [3.63, 3.8) is 0 Å². The molecule has 0 radical (unpaired) electrons. The molecule has 22 heavy (non-hydrogen) atoms. The first-order valence-electron chi connectivity index (χ1n) is 8.31. The fraction of sp³-hybridized carbons (Fsp3) is 0.750. The van der Waals surface area contributed by atoms with E-state index in [2.05, 4.69) is 31.7 Å². The number of aromatic nitrogens is 2. The SMILES string of the molecule is COc1ccnc(N2CCN(C[C@H]3CCCCN3C)CC2)n1. The molecule has 2 fully saturated rings. The van der Waals surface area contributed by atoms with E-state index < -0.39 is 0 Å². The number of likely N-dealkylation sites (N-methyl/N-ethyl adjacent to an activating group) is 1. The van der Waals surface area contributed by atoms with Gasteiger partial charge < -0.3 is 14.5 Å². The van der Waals surface area contributed by atoms with Crippen LogP contribution in [0.4, 0.5) is 5.95 Å². The number of nitrogens with zero attached hydrogens (tertiary/aromatic N) is 5.